The summed E-state index contributed by atoms with van der Waals surface area (Å²) in [5.41, 5.74) is 0.568. The van der Waals surface area contributed by atoms with E-state index in [0.29, 0.717) is 30.4 Å². The molecule has 0 bridgehead atoms. The molecular weight excluding hydrogens is 236 g/mol. The van der Waals surface area contributed by atoms with Crippen LogP contribution in [0.1, 0.15) is 25.5 Å². The second-order valence-electron chi connectivity index (χ2n) is 4.75. The van der Waals surface area contributed by atoms with Crippen molar-refractivity contribution < 1.29 is 10.0 Å². The van der Waals surface area contributed by atoms with Crippen LogP contribution >= 0.6 is 0 Å². The Kier molecular flexibility index (Phi) is 3.51. The van der Waals surface area contributed by atoms with Crippen molar-refractivity contribution in [2.45, 2.75) is 32.3 Å². The number of hydrogen-bond acceptors (Lipinski definition) is 5. The van der Waals surface area contributed by atoms with Gasteiger partial charge in [-0.1, -0.05) is 6.92 Å². The summed E-state index contributed by atoms with van der Waals surface area (Å²) in [6.07, 6.45) is 1.86. The molecule has 1 aromatic rings. The van der Waals surface area contributed by atoms with Crippen LogP contribution in [0.4, 0.5) is 11.5 Å². The first kappa shape index (κ1) is 12.8. The molecule has 2 rings (SSSR count). The van der Waals surface area contributed by atoms with Crippen LogP contribution < -0.4 is 5.32 Å². The van der Waals surface area contributed by atoms with E-state index in [-0.39, 0.29) is 16.7 Å². The van der Waals surface area contributed by atoms with Crippen molar-refractivity contribution in [2.24, 2.45) is 13.0 Å². The second kappa shape index (κ2) is 4.93. The molecule has 100 valence electrons. The Morgan fingerprint density at radius 3 is 2.78 bits per heavy atom. The van der Waals surface area contributed by atoms with Crippen LogP contribution in [-0.4, -0.2) is 32.5 Å². The average Bonchev–Trinajstić information content (AvgIpc) is 2.59. The lowest BCUT2D eigenvalue weighted by atomic mass is 9.82. The molecule has 0 amide bonds. The number of nitro groups is 1. The Balaban J connectivity index is 2.11. The minimum atomic E-state index is -0.385. The highest BCUT2D eigenvalue weighted by molar-refractivity contribution is 5.59. The topological polar surface area (TPSA) is 93.2 Å². The van der Waals surface area contributed by atoms with Gasteiger partial charge in [0.1, 0.15) is 5.69 Å². The maximum Gasteiger partial charge on any atom is 0.333 e. The summed E-state index contributed by atoms with van der Waals surface area (Å²) in [5.74, 6) is 0.845. The molecule has 1 fully saturated rings. The Morgan fingerprint density at radius 1 is 1.61 bits per heavy atom. The monoisotopic (exact) mass is 254 g/mol. The third-order valence-corrected chi connectivity index (χ3v) is 3.38. The van der Waals surface area contributed by atoms with Crippen molar-refractivity contribution in [1.29, 1.82) is 0 Å². The molecule has 18 heavy (non-hydrogen) atoms. The Labute approximate surface area is 105 Å². The average molecular weight is 254 g/mol. The Hall–Kier alpha value is -1.63. The zero-order valence-electron chi connectivity index (χ0n) is 10.6. The van der Waals surface area contributed by atoms with Gasteiger partial charge in [0, 0.05) is 13.6 Å². The van der Waals surface area contributed by atoms with Crippen molar-refractivity contribution in [3.05, 3.63) is 15.8 Å². The molecule has 7 heteroatoms. The fourth-order valence-corrected chi connectivity index (χ4v) is 2.30. The van der Waals surface area contributed by atoms with E-state index < -0.39 is 0 Å². The number of nitrogens with zero attached hydrogens (tertiary/aromatic N) is 3. The lowest BCUT2D eigenvalue weighted by Crippen LogP contribution is -2.33. The fraction of sp³-hybridized carbons (Fsp3) is 0.727. The summed E-state index contributed by atoms with van der Waals surface area (Å²) in [6, 6.07) is 0. The van der Waals surface area contributed by atoms with Crippen LogP contribution in [0.15, 0.2) is 0 Å². The van der Waals surface area contributed by atoms with Gasteiger partial charge in [-0.2, -0.15) is 5.10 Å². The molecule has 1 heterocycles. The van der Waals surface area contributed by atoms with E-state index in [2.05, 4.69) is 10.4 Å². The van der Waals surface area contributed by atoms with E-state index in [1.165, 1.54) is 4.68 Å². The molecule has 0 aliphatic heterocycles. The molecule has 1 aliphatic carbocycles. The van der Waals surface area contributed by atoms with E-state index >= 15 is 0 Å². The van der Waals surface area contributed by atoms with Crippen LogP contribution in [0.5, 0.6) is 0 Å². The molecule has 2 N–H and O–H groups in total. The third kappa shape index (κ3) is 2.31. The number of rotatable bonds is 5. The van der Waals surface area contributed by atoms with Crippen LogP contribution in [-0.2, 0) is 13.5 Å². The molecule has 1 saturated carbocycles. The molecule has 1 aliphatic rings. The van der Waals surface area contributed by atoms with Crippen LogP contribution in [0, 0.1) is 16.0 Å². The summed E-state index contributed by atoms with van der Waals surface area (Å²) in [4.78, 5) is 10.7. The highest BCUT2D eigenvalue weighted by Crippen LogP contribution is 2.31. The van der Waals surface area contributed by atoms with E-state index in [0.717, 1.165) is 12.8 Å². The van der Waals surface area contributed by atoms with Crippen molar-refractivity contribution in [2.75, 3.05) is 11.9 Å². The highest BCUT2D eigenvalue weighted by Gasteiger charge is 2.30. The number of anilines is 1. The molecular formula is C11H18N4O3. The van der Waals surface area contributed by atoms with Crippen molar-refractivity contribution in [3.63, 3.8) is 0 Å². The number of aliphatic hydroxyl groups is 1. The van der Waals surface area contributed by atoms with Gasteiger partial charge >= 0.3 is 5.69 Å². The van der Waals surface area contributed by atoms with Crippen molar-refractivity contribution in [3.8, 4) is 0 Å². The normalized spacial score (nSPS) is 22.6. The number of aryl methyl sites for hydroxylation is 2. The lowest BCUT2D eigenvalue weighted by Gasteiger charge is -2.31. The minimum Gasteiger partial charge on any atom is -0.393 e. The number of aromatic nitrogens is 2. The minimum absolute atomic E-state index is 0.0693. The van der Waals surface area contributed by atoms with Gasteiger partial charge in [0.05, 0.1) is 11.0 Å². The highest BCUT2D eigenvalue weighted by atomic mass is 16.6. The molecule has 7 nitrogen and oxygen atoms in total. The van der Waals surface area contributed by atoms with E-state index in [9.17, 15) is 15.2 Å². The first-order chi connectivity index (χ1) is 8.52. The van der Waals surface area contributed by atoms with Crippen molar-refractivity contribution in [1.82, 2.24) is 9.78 Å². The summed E-state index contributed by atoms with van der Waals surface area (Å²) < 4.78 is 1.52. The standard InChI is InChI=1S/C11H18N4O3/c1-3-9-10(15(17)18)11(14(2)13-9)12-6-7-4-8(16)5-7/h7-8,12,16H,3-6H2,1-2H3. The molecule has 0 aromatic carbocycles. The first-order valence-electron chi connectivity index (χ1n) is 6.15. The Bertz CT molecular complexity index is 451. The predicted octanol–water partition coefficient (Wildman–Crippen LogP) is 1.07. The van der Waals surface area contributed by atoms with Crippen LogP contribution in [0.2, 0.25) is 0 Å². The number of aliphatic hydroxyl groups excluding tert-OH is 1. The number of hydrogen-bond donors (Lipinski definition) is 2. The molecule has 0 spiro atoms. The summed E-state index contributed by atoms with van der Waals surface area (Å²) in [6.45, 7) is 2.49. The van der Waals surface area contributed by atoms with Gasteiger partial charge in [-0.3, -0.25) is 10.1 Å². The van der Waals surface area contributed by atoms with Gasteiger partial charge in [-0.25, -0.2) is 4.68 Å². The second-order valence-corrected chi connectivity index (χ2v) is 4.75. The van der Waals surface area contributed by atoms with Crippen LogP contribution in [0.3, 0.4) is 0 Å². The number of nitrogens with one attached hydrogen (secondary N) is 1. The molecule has 0 unspecified atom stereocenters. The van der Waals surface area contributed by atoms with Gasteiger partial charge in [0.25, 0.3) is 0 Å². The van der Waals surface area contributed by atoms with Crippen LogP contribution in [0.25, 0.3) is 0 Å². The van der Waals surface area contributed by atoms with Gasteiger partial charge in [0.15, 0.2) is 0 Å². The fourth-order valence-electron chi connectivity index (χ4n) is 2.30. The lowest BCUT2D eigenvalue weighted by molar-refractivity contribution is -0.384. The van der Waals surface area contributed by atoms with E-state index in [4.69, 9.17) is 0 Å². The molecule has 0 atom stereocenters. The zero-order chi connectivity index (χ0) is 13.3. The quantitative estimate of drug-likeness (QED) is 0.605. The largest absolute Gasteiger partial charge is 0.393 e. The summed E-state index contributed by atoms with van der Waals surface area (Å²) >= 11 is 0. The third-order valence-electron chi connectivity index (χ3n) is 3.38. The maximum atomic E-state index is 11.1. The predicted molar refractivity (Wildman–Crippen MR) is 66.5 cm³/mol. The zero-order valence-corrected chi connectivity index (χ0v) is 10.6. The van der Waals surface area contributed by atoms with Crippen molar-refractivity contribution >= 4 is 11.5 Å². The first-order valence-corrected chi connectivity index (χ1v) is 6.15. The van der Waals surface area contributed by atoms with E-state index in [1.807, 2.05) is 6.92 Å². The summed E-state index contributed by atoms with van der Waals surface area (Å²) in [7, 11) is 1.70. The molecule has 0 saturated heterocycles. The summed E-state index contributed by atoms with van der Waals surface area (Å²) in [5, 5.41) is 27.5. The van der Waals surface area contributed by atoms with Gasteiger partial charge < -0.3 is 10.4 Å². The van der Waals surface area contributed by atoms with Gasteiger partial charge in [0.2, 0.25) is 5.82 Å². The van der Waals surface area contributed by atoms with Gasteiger partial charge in [-0.15, -0.1) is 0 Å². The van der Waals surface area contributed by atoms with E-state index in [1.54, 1.807) is 7.05 Å². The SMILES string of the molecule is CCc1nn(C)c(NCC2CC(O)C2)c1[N+](=O)[O-]. The maximum absolute atomic E-state index is 11.1. The molecule has 0 radical (unpaired) electrons. The smallest absolute Gasteiger partial charge is 0.333 e. The molecule has 1 aromatic heterocycles. The van der Waals surface area contributed by atoms with Gasteiger partial charge in [-0.05, 0) is 25.2 Å². The Morgan fingerprint density at radius 2 is 2.28 bits per heavy atom.